The van der Waals surface area contributed by atoms with E-state index >= 15 is 0 Å². The molecule has 0 heterocycles. The number of carbonyl (C=O) groups is 1. The molecular formula is C17H21F6NO2. The van der Waals surface area contributed by atoms with Gasteiger partial charge in [-0.3, -0.25) is 4.79 Å². The van der Waals surface area contributed by atoms with Crippen molar-refractivity contribution in [1.29, 1.82) is 0 Å². The van der Waals surface area contributed by atoms with Crippen molar-refractivity contribution < 1.29 is 36.2 Å². The standard InChI is InChI=1S/C17H21F6NO2/c1-4-11(5-2)14(25)24(6-3)13-9-7-12(8-10-13)15(26,16(18,19)20)17(21,22)23/h7-11,26H,4-6H2,1-3H3. The first kappa shape index (κ1) is 22.3. The summed E-state index contributed by atoms with van der Waals surface area (Å²) < 4.78 is 77.4. The highest BCUT2D eigenvalue weighted by Crippen LogP contribution is 2.50. The number of hydrogen-bond donors (Lipinski definition) is 1. The van der Waals surface area contributed by atoms with Gasteiger partial charge >= 0.3 is 12.4 Å². The van der Waals surface area contributed by atoms with Gasteiger partial charge in [-0.1, -0.05) is 26.0 Å². The van der Waals surface area contributed by atoms with E-state index in [1.165, 1.54) is 4.90 Å². The monoisotopic (exact) mass is 385 g/mol. The van der Waals surface area contributed by atoms with E-state index in [9.17, 15) is 36.2 Å². The summed E-state index contributed by atoms with van der Waals surface area (Å²) in [6.45, 7) is 5.49. The average Bonchev–Trinajstić information content (AvgIpc) is 2.54. The van der Waals surface area contributed by atoms with Crippen LogP contribution in [0.5, 0.6) is 0 Å². The minimum absolute atomic E-state index is 0.167. The van der Waals surface area contributed by atoms with Crippen LogP contribution in [0, 0.1) is 5.92 Å². The van der Waals surface area contributed by atoms with Gasteiger partial charge in [0.05, 0.1) is 0 Å². The largest absolute Gasteiger partial charge is 0.430 e. The summed E-state index contributed by atoms with van der Waals surface area (Å²) in [6, 6.07) is 3.03. The molecule has 0 atom stereocenters. The van der Waals surface area contributed by atoms with E-state index in [4.69, 9.17) is 0 Å². The second-order valence-corrected chi connectivity index (χ2v) is 5.85. The molecule has 0 saturated carbocycles. The van der Waals surface area contributed by atoms with Gasteiger partial charge in [0, 0.05) is 23.7 Å². The van der Waals surface area contributed by atoms with Crippen molar-refractivity contribution in [1.82, 2.24) is 0 Å². The maximum absolute atomic E-state index is 12.9. The molecule has 1 N–H and O–H groups in total. The Labute approximate surface area is 147 Å². The van der Waals surface area contributed by atoms with Crippen molar-refractivity contribution in [3.63, 3.8) is 0 Å². The quantitative estimate of drug-likeness (QED) is 0.716. The highest BCUT2D eigenvalue weighted by Gasteiger charge is 2.71. The van der Waals surface area contributed by atoms with E-state index in [0.29, 0.717) is 25.0 Å². The Morgan fingerprint density at radius 1 is 0.962 bits per heavy atom. The Bertz CT molecular complexity index is 591. The van der Waals surface area contributed by atoms with Crippen molar-refractivity contribution in [3.05, 3.63) is 29.8 Å². The minimum Gasteiger partial charge on any atom is -0.369 e. The highest BCUT2D eigenvalue weighted by atomic mass is 19.4. The van der Waals surface area contributed by atoms with E-state index in [1.54, 1.807) is 6.92 Å². The molecule has 1 rings (SSSR count). The van der Waals surface area contributed by atoms with Crippen LogP contribution in [0.2, 0.25) is 0 Å². The third-order valence-electron chi connectivity index (χ3n) is 4.33. The zero-order valence-corrected chi connectivity index (χ0v) is 14.6. The zero-order valence-electron chi connectivity index (χ0n) is 14.6. The molecular weight excluding hydrogens is 364 g/mol. The molecule has 1 aromatic rings. The normalized spacial score (nSPS) is 13.2. The fraction of sp³-hybridized carbons (Fsp3) is 0.588. The van der Waals surface area contributed by atoms with E-state index < -0.39 is 23.5 Å². The fourth-order valence-corrected chi connectivity index (χ4v) is 2.69. The molecule has 0 aliphatic rings. The number of carbonyl (C=O) groups excluding carboxylic acids is 1. The molecule has 0 aliphatic heterocycles. The Balaban J connectivity index is 3.31. The summed E-state index contributed by atoms with van der Waals surface area (Å²) in [4.78, 5) is 13.7. The Morgan fingerprint density at radius 2 is 1.38 bits per heavy atom. The molecule has 1 amide bonds. The summed E-state index contributed by atoms with van der Waals surface area (Å²) in [7, 11) is 0. The van der Waals surface area contributed by atoms with Gasteiger partial charge in [0.15, 0.2) is 0 Å². The van der Waals surface area contributed by atoms with Crippen LogP contribution >= 0.6 is 0 Å². The maximum Gasteiger partial charge on any atom is 0.430 e. The lowest BCUT2D eigenvalue weighted by molar-refractivity contribution is -0.376. The Hall–Kier alpha value is -1.77. The summed E-state index contributed by atoms with van der Waals surface area (Å²) >= 11 is 0. The first-order valence-corrected chi connectivity index (χ1v) is 8.12. The van der Waals surface area contributed by atoms with Crippen molar-refractivity contribution in [2.75, 3.05) is 11.4 Å². The van der Waals surface area contributed by atoms with Gasteiger partial charge < -0.3 is 10.0 Å². The summed E-state index contributed by atoms with van der Waals surface area (Å²) in [6.07, 6.45) is -10.8. The van der Waals surface area contributed by atoms with Crippen LogP contribution in [0.1, 0.15) is 39.2 Å². The van der Waals surface area contributed by atoms with E-state index in [-0.39, 0.29) is 24.1 Å². The average molecular weight is 385 g/mol. The minimum atomic E-state index is -5.94. The smallest absolute Gasteiger partial charge is 0.369 e. The predicted octanol–water partition coefficient (Wildman–Crippen LogP) is 4.79. The topological polar surface area (TPSA) is 40.5 Å². The van der Waals surface area contributed by atoms with Gasteiger partial charge in [-0.2, -0.15) is 26.3 Å². The molecule has 26 heavy (non-hydrogen) atoms. The Morgan fingerprint density at radius 3 is 1.69 bits per heavy atom. The van der Waals surface area contributed by atoms with Gasteiger partial charge in [-0.15, -0.1) is 0 Å². The van der Waals surface area contributed by atoms with Crippen LogP contribution in [-0.2, 0) is 10.4 Å². The summed E-state index contributed by atoms with van der Waals surface area (Å²) in [5.74, 6) is -0.552. The molecule has 0 fully saturated rings. The van der Waals surface area contributed by atoms with E-state index in [2.05, 4.69) is 0 Å². The second kappa shape index (κ2) is 7.85. The maximum atomic E-state index is 12.9. The summed E-state index contributed by atoms with van der Waals surface area (Å²) in [5.41, 5.74) is -6.17. The number of alkyl halides is 6. The van der Waals surface area contributed by atoms with Crippen molar-refractivity contribution in [2.24, 2.45) is 5.92 Å². The molecule has 9 heteroatoms. The first-order valence-electron chi connectivity index (χ1n) is 8.12. The summed E-state index contributed by atoms with van der Waals surface area (Å²) in [5, 5.41) is 9.39. The zero-order chi connectivity index (χ0) is 20.3. The molecule has 0 saturated heterocycles. The first-order chi connectivity index (χ1) is 11.8. The lowest BCUT2D eigenvalue weighted by Crippen LogP contribution is -2.53. The molecule has 1 aromatic carbocycles. The van der Waals surface area contributed by atoms with Gasteiger partial charge in [0.1, 0.15) is 0 Å². The third kappa shape index (κ3) is 3.97. The number of aliphatic hydroxyl groups is 1. The van der Waals surface area contributed by atoms with Crippen LogP contribution < -0.4 is 4.90 Å². The Kier molecular flexibility index (Phi) is 6.73. The van der Waals surface area contributed by atoms with Gasteiger partial charge in [0.25, 0.3) is 5.60 Å². The number of anilines is 1. The van der Waals surface area contributed by atoms with Crippen molar-refractivity contribution in [3.8, 4) is 0 Å². The molecule has 0 spiro atoms. The molecule has 0 aromatic heterocycles. The van der Waals surface area contributed by atoms with Crippen LogP contribution in [0.3, 0.4) is 0 Å². The van der Waals surface area contributed by atoms with Gasteiger partial charge in [0.2, 0.25) is 5.91 Å². The second-order valence-electron chi connectivity index (χ2n) is 5.85. The number of hydrogen-bond acceptors (Lipinski definition) is 2. The molecule has 148 valence electrons. The molecule has 0 radical (unpaired) electrons. The molecule has 0 bridgehead atoms. The van der Waals surface area contributed by atoms with Gasteiger partial charge in [-0.25, -0.2) is 0 Å². The predicted molar refractivity (Wildman–Crippen MR) is 84.5 cm³/mol. The third-order valence-corrected chi connectivity index (χ3v) is 4.33. The lowest BCUT2D eigenvalue weighted by Gasteiger charge is -2.33. The number of nitrogens with zero attached hydrogens (tertiary/aromatic N) is 1. The number of benzene rings is 1. The highest BCUT2D eigenvalue weighted by molar-refractivity contribution is 5.94. The van der Waals surface area contributed by atoms with Crippen LogP contribution in [-0.4, -0.2) is 29.9 Å². The number of amides is 1. The van der Waals surface area contributed by atoms with Crippen LogP contribution in [0.25, 0.3) is 0 Å². The number of rotatable bonds is 6. The lowest BCUT2D eigenvalue weighted by atomic mass is 9.92. The van der Waals surface area contributed by atoms with Crippen LogP contribution in [0.15, 0.2) is 24.3 Å². The van der Waals surface area contributed by atoms with E-state index in [0.717, 1.165) is 12.1 Å². The van der Waals surface area contributed by atoms with Crippen molar-refractivity contribution in [2.45, 2.75) is 51.6 Å². The molecule has 0 unspecified atom stereocenters. The SMILES string of the molecule is CCC(CC)C(=O)N(CC)c1ccc(C(O)(C(F)(F)F)C(F)(F)F)cc1. The van der Waals surface area contributed by atoms with Gasteiger partial charge in [-0.05, 0) is 31.9 Å². The number of halogens is 6. The van der Waals surface area contributed by atoms with Crippen LogP contribution in [0.4, 0.5) is 32.0 Å². The van der Waals surface area contributed by atoms with E-state index in [1.807, 2.05) is 13.8 Å². The van der Waals surface area contributed by atoms with Crippen molar-refractivity contribution >= 4 is 11.6 Å². The molecule has 3 nitrogen and oxygen atoms in total. The molecule has 0 aliphatic carbocycles. The fourth-order valence-electron chi connectivity index (χ4n) is 2.69.